The van der Waals surface area contributed by atoms with E-state index < -0.39 is 30.5 Å². The van der Waals surface area contributed by atoms with Gasteiger partial charge in [-0.05, 0) is 24.1 Å². The number of esters is 2. The summed E-state index contributed by atoms with van der Waals surface area (Å²) in [4.78, 5) is 35.7. The average Bonchev–Trinajstić information content (AvgIpc) is 2.63. The third kappa shape index (κ3) is 6.55. The number of carbonyl (C=O) groups is 3. The number of rotatable bonds is 9. The van der Waals surface area contributed by atoms with Crippen LogP contribution in [0.4, 0.5) is 0 Å². The number of carbonyl (C=O) groups excluding carboxylic acids is 3. The van der Waals surface area contributed by atoms with Crippen molar-refractivity contribution < 1.29 is 28.6 Å². The summed E-state index contributed by atoms with van der Waals surface area (Å²) in [6.45, 7) is 3.22. The number of nitrogens with one attached hydrogen (secondary N) is 1. The maximum absolute atomic E-state index is 12.0. The van der Waals surface area contributed by atoms with E-state index in [0.29, 0.717) is 22.8 Å². The van der Waals surface area contributed by atoms with Gasteiger partial charge in [0, 0.05) is 10.6 Å². The van der Waals surface area contributed by atoms with E-state index >= 15 is 0 Å². The van der Waals surface area contributed by atoms with Crippen LogP contribution in [-0.4, -0.2) is 44.7 Å². The molecule has 0 aliphatic heterocycles. The molecule has 0 bridgehead atoms. The molecule has 0 fully saturated rings. The Balaban J connectivity index is 2.60. The summed E-state index contributed by atoms with van der Waals surface area (Å²) < 4.78 is 14.8. The maximum Gasteiger partial charge on any atom is 0.328 e. The standard InChI is InChI=1S/C18H24ClNO6/c1-5-11(2)17(18(23)25-4)20-15(21)10-26-16(22)9-12-8-13(19)6-7-14(12)24-3/h6-8,11,17H,5,9-10H2,1-4H3,(H,20,21)/t11-,17+/m1/s1. The van der Waals surface area contributed by atoms with Gasteiger partial charge < -0.3 is 19.5 Å². The van der Waals surface area contributed by atoms with Crippen molar-refractivity contribution in [2.45, 2.75) is 32.7 Å². The Hall–Kier alpha value is -2.28. The molecule has 0 aliphatic carbocycles. The van der Waals surface area contributed by atoms with Gasteiger partial charge in [0.05, 0.1) is 20.6 Å². The van der Waals surface area contributed by atoms with Gasteiger partial charge in [0.2, 0.25) is 0 Å². The fraction of sp³-hybridized carbons (Fsp3) is 0.500. The molecule has 7 nitrogen and oxygen atoms in total. The van der Waals surface area contributed by atoms with E-state index in [4.69, 9.17) is 21.1 Å². The lowest BCUT2D eigenvalue weighted by atomic mass is 9.99. The SMILES string of the molecule is CC[C@@H](C)[C@H](NC(=O)COC(=O)Cc1cc(Cl)ccc1OC)C(=O)OC. The lowest BCUT2D eigenvalue weighted by Gasteiger charge is -2.21. The first-order valence-corrected chi connectivity index (χ1v) is 8.55. The molecule has 0 radical (unpaired) electrons. The fourth-order valence-electron chi connectivity index (χ4n) is 2.25. The van der Waals surface area contributed by atoms with Crippen LogP contribution in [0.1, 0.15) is 25.8 Å². The number of hydrogen-bond donors (Lipinski definition) is 1. The zero-order valence-corrected chi connectivity index (χ0v) is 16.1. The van der Waals surface area contributed by atoms with Gasteiger partial charge in [0.25, 0.3) is 5.91 Å². The molecule has 0 saturated carbocycles. The second-order valence-corrected chi connectivity index (χ2v) is 6.18. The van der Waals surface area contributed by atoms with Gasteiger partial charge in [0.1, 0.15) is 11.8 Å². The molecule has 1 N–H and O–H groups in total. The molecule has 1 amide bonds. The Bertz CT molecular complexity index is 649. The Labute approximate surface area is 157 Å². The summed E-state index contributed by atoms with van der Waals surface area (Å²) in [7, 11) is 2.73. The lowest BCUT2D eigenvalue weighted by Crippen LogP contribution is -2.47. The molecule has 0 aromatic heterocycles. The van der Waals surface area contributed by atoms with Crippen LogP contribution in [-0.2, 0) is 30.3 Å². The topological polar surface area (TPSA) is 90.9 Å². The predicted molar refractivity (Wildman–Crippen MR) is 96.1 cm³/mol. The zero-order chi connectivity index (χ0) is 19.7. The van der Waals surface area contributed by atoms with E-state index in [1.165, 1.54) is 14.2 Å². The number of ether oxygens (including phenoxy) is 3. The van der Waals surface area contributed by atoms with Gasteiger partial charge >= 0.3 is 11.9 Å². The maximum atomic E-state index is 12.0. The minimum atomic E-state index is -0.788. The van der Waals surface area contributed by atoms with Gasteiger partial charge in [-0.1, -0.05) is 31.9 Å². The highest BCUT2D eigenvalue weighted by molar-refractivity contribution is 6.30. The fourth-order valence-corrected chi connectivity index (χ4v) is 2.44. The molecule has 0 aliphatic rings. The first-order chi connectivity index (χ1) is 12.3. The summed E-state index contributed by atoms with van der Waals surface area (Å²) in [5, 5.41) is 2.99. The molecular formula is C18H24ClNO6. The number of halogens is 1. The van der Waals surface area contributed by atoms with Crippen LogP contribution in [0, 0.1) is 5.92 Å². The van der Waals surface area contributed by atoms with Crippen LogP contribution in [0.2, 0.25) is 5.02 Å². The molecule has 1 rings (SSSR count). The normalized spacial score (nSPS) is 12.7. The summed E-state index contributed by atoms with van der Waals surface area (Å²) in [5.41, 5.74) is 0.553. The van der Waals surface area contributed by atoms with Gasteiger partial charge in [-0.2, -0.15) is 0 Å². The largest absolute Gasteiger partial charge is 0.496 e. The first kappa shape index (κ1) is 21.8. The average molecular weight is 386 g/mol. The summed E-state index contributed by atoms with van der Waals surface area (Å²) in [6, 6.07) is 4.09. The Morgan fingerprint density at radius 3 is 2.50 bits per heavy atom. The predicted octanol–water partition coefficient (Wildman–Crippen LogP) is 2.14. The van der Waals surface area contributed by atoms with Crippen LogP contribution < -0.4 is 10.1 Å². The quantitative estimate of drug-likeness (QED) is 0.655. The van der Waals surface area contributed by atoms with Crippen LogP contribution in [0.3, 0.4) is 0 Å². The highest BCUT2D eigenvalue weighted by atomic mass is 35.5. The Kier molecular flexibility index (Phi) is 8.92. The summed E-state index contributed by atoms with van der Waals surface area (Å²) >= 11 is 5.91. The molecule has 8 heteroatoms. The number of hydrogen-bond acceptors (Lipinski definition) is 6. The van der Waals surface area contributed by atoms with E-state index in [9.17, 15) is 14.4 Å². The van der Waals surface area contributed by atoms with Crippen LogP contribution in [0.5, 0.6) is 5.75 Å². The molecule has 1 aromatic carbocycles. The first-order valence-electron chi connectivity index (χ1n) is 8.17. The van der Waals surface area contributed by atoms with E-state index in [1.807, 2.05) is 13.8 Å². The van der Waals surface area contributed by atoms with E-state index in [0.717, 1.165) is 0 Å². The third-order valence-electron chi connectivity index (χ3n) is 3.93. The minimum Gasteiger partial charge on any atom is -0.496 e. The Morgan fingerprint density at radius 1 is 1.23 bits per heavy atom. The van der Waals surface area contributed by atoms with Crippen molar-refractivity contribution in [3.63, 3.8) is 0 Å². The zero-order valence-electron chi connectivity index (χ0n) is 15.3. The number of benzene rings is 1. The molecule has 1 aromatic rings. The van der Waals surface area contributed by atoms with Crippen molar-refractivity contribution in [3.8, 4) is 5.75 Å². The van der Waals surface area contributed by atoms with Crippen LogP contribution >= 0.6 is 11.6 Å². The van der Waals surface area contributed by atoms with Crippen molar-refractivity contribution in [1.29, 1.82) is 0 Å². The van der Waals surface area contributed by atoms with Crippen molar-refractivity contribution in [2.75, 3.05) is 20.8 Å². The number of methoxy groups -OCH3 is 2. The monoisotopic (exact) mass is 385 g/mol. The van der Waals surface area contributed by atoms with Crippen molar-refractivity contribution in [2.24, 2.45) is 5.92 Å². The van der Waals surface area contributed by atoms with Crippen molar-refractivity contribution >= 4 is 29.4 Å². The third-order valence-corrected chi connectivity index (χ3v) is 4.16. The number of amides is 1. The molecule has 26 heavy (non-hydrogen) atoms. The van der Waals surface area contributed by atoms with Crippen molar-refractivity contribution in [1.82, 2.24) is 5.32 Å². The Morgan fingerprint density at radius 2 is 1.92 bits per heavy atom. The highest BCUT2D eigenvalue weighted by Crippen LogP contribution is 2.23. The van der Waals surface area contributed by atoms with Gasteiger partial charge in [-0.15, -0.1) is 0 Å². The van der Waals surface area contributed by atoms with E-state index in [-0.39, 0.29) is 12.3 Å². The van der Waals surface area contributed by atoms with Gasteiger partial charge in [-0.25, -0.2) is 4.79 Å². The second kappa shape index (κ2) is 10.7. The smallest absolute Gasteiger partial charge is 0.328 e. The second-order valence-electron chi connectivity index (χ2n) is 5.75. The minimum absolute atomic E-state index is 0.0944. The van der Waals surface area contributed by atoms with Gasteiger partial charge in [-0.3, -0.25) is 9.59 Å². The van der Waals surface area contributed by atoms with E-state index in [2.05, 4.69) is 10.1 Å². The van der Waals surface area contributed by atoms with Gasteiger partial charge in [0.15, 0.2) is 6.61 Å². The van der Waals surface area contributed by atoms with Crippen molar-refractivity contribution in [3.05, 3.63) is 28.8 Å². The summed E-state index contributed by atoms with van der Waals surface area (Å²) in [5.74, 6) is -1.34. The molecular weight excluding hydrogens is 362 g/mol. The lowest BCUT2D eigenvalue weighted by molar-refractivity contribution is -0.150. The molecule has 0 unspecified atom stereocenters. The molecule has 144 valence electrons. The molecule has 0 saturated heterocycles. The highest BCUT2D eigenvalue weighted by Gasteiger charge is 2.27. The molecule has 2 atom stereocenters. The molecule has 0 heterocycles. The van der Waals surface area contributed by atoms with E-state index in [1.54, 1.807) is 18.2 Å². The molecule has 0 spiro atoms. The van der Waals surface area contributed by atoms with Crippen LogP contribution in [0.25, 0.3) is 0 Å². The van der Waals surface area contributed by atoms with Crippen LogP contribution in [0.15, 0.2) is 18.2 Å². The summed E-state index contributed by atoms with van der Waals surface area (Å²) in [6.07, 6.45) is 0.581.